The van der Waals surface area contributed by atoms with Gasteiger partial charge in [0.15, 0.2) is 17.3 Å². The smallest absolute Gasteiger partial charge is 0.235 e. The van der Waals surface area contributed by atoms with E-state index in [1.807, 2.05) is 19.9 Å². The van der Waals surface area contributed by atoms with E-state index in [0.717, 1.165) is 6.42 Å². The lowest BCUT2D eigenvalue weighted by Crippen LogP contribution is -2.17. The van der Waals surface area contributed by atoms with Gasteiger partial charge in [0, 0.05) is 5.56 Å². The van der Waals surface area contributed by atoms with Crippen molar-refractivity contribution in [3.8, 4) is 34.3 Å². The quantitative estimate of drug-likeness (QED) is 0.590. The van der Waals surface area contributed by atoms with Gasteiger partial charge in [0.25, 0.3) is 0 Å². The summed E-state index contributed by atoms with van der Waals surface area (Å²) in [6.45, 7) is 3.90. The van der Waals surface area contributed by atoms with Crippen LogP contribution in [0.4, 0.5) is 0 Å². The molecule has 0 spiro atoms. The Morgan fingerprint density at radius 2 is 1.61 bits per heavy atom. The number of fused-ring (bicyclic) bond motifs is 1. The Hall–Kier alpha value is -3.15. The summed E-state index contributed by atoms with van der Waals surface area (Å²) in [4.78, 5) is 13.1. The maximum absolute atomic E-state index is 13.1. The van der Waals surface area contributed by atoms with Crippen molar-refractivity contribution >= 4 is 11.0 Å². The van der Waals surface area contributed by atoms with Crippen molar-refractivity contribution in [2.75, 3.05) is 21.3 Å². The minimum absolute atomic E-state index is 0.148. The lowest BCUT2D eigenvalue weighted by molar-refractivity contribution is 0.212. The highest BCUT2D eigenvalue weighted by Crippen LogP contribution is 2.43. The molecule has 1 atom stereocenters. The Bertz CT molecular complexity index is 1010. The molecule has 1 heterocycles. The number of para-hydroxylation sites is 1. The fourth-order valence-corrected chi connectivity index (χ4v) is 2.92. The Labute approximate surface area is 163 Å². The van der Waals surface area contributed by atoms with Crippen molar-refractivity contribution in [3.05, 3.63) is 46.6 Å². The van der Waals surface area contributed by atoms with Gasteiger partial charge in [-0.1, -0.05) is 19.1 Å². The molecule has 0 aliphatic rings. The minimum Gasteiger partial charge on any atom is -0.493 e. The fraction of sp³-hybridized carbons (Fsp3) is 0.318. The Balaban J connectivity index is 2.32. The van der Waals surface area contributed by atoms with Gasteiger partial charge in [0.2, 0.25) is 16.9 Å². The molecule has 1 unspecified atom stereocenters. The largest absolute Gasteiger partial charge is 0.493 e. The summed E-state index contributed by atoms with van der Waals surface area (Å²) < 4.78 is 28.3. The van der Waals surface area contributed by atoms with Gasteiger partial charge in [0.1, 0.15) is 5.58 Å². The van der Waals surface area contributed by atoms with Crippen LogP contribution in [0.5, 0.6) is 23.0 Å². The summed E-state index contributed by atoms with van der Waals surface area (Å²) in [6, 6.07) is 10.6. The third-order valence-corrected chi connectivity index (χ3v) is 4.58. The summed E-state index contributed by atoms with van der Waals surface area (Å²) in [6.07, 6.45) is 0.603. The second kappa shape index (κ2) is 8.25. The van der Waals surface area contributed by atoms with Crippen LogP contribution in [0, 0.1) is 0 Å². The molecule has 0 saturated heterocycles. The van der Waals surface area contributed by atoms with Crippen LogP contribution in [0.3, 0.4) is 0 Å². The van der Waals surface area contributed by atoms with E-state index < -0.39 is 0 Å². The zero-order chi connectivity index (χ0) is 20.3. The van der Waals surface area contributed by atoms with Crippen LogP contribution >= 0.6 is 0 Å². The molecule has 6 nitrogen and oxygen atoms in total. The van der Waals surface area contributed by atoms with Gasteiger partial charge >= 0.3 is 0 Å². The highest BCUT2D eigenvalue weighted by molar-refractivity contribution is 5.82. The molecule has 0 saturated carbocycles. The van der Waals surface area contributed by atoms with Gasteiger partial charge in [-0.25, -0.2) is 0 Å². The average Bonchev–Trinajstić information content (AvgIpc) is 2.74. The van der Waals surface area contributed by atoms with Crippen LogP contribution in [0.15, 0.2) is 45.6 Å². The molecule has 3 rings (SSSR count). The highest BCUT2D eigenvalue weighted by Gasteiger charge is 2.22. The van der Waals surface area contributed by atoms with E-state index in [4.69, 9.17) is 23.4 Å². The zero-order valence-electron chi connectivity index (χ0n) is 16.7. The summed E-state index contributed by atoms with van der Waals surface area (Å²) in [5.74, 6) is 1.87. The van der Waals surface area contributed by atoms with E-state index in [1.54, 1.807) is 30.3 Å². The number of rotatable bonds is 7. The Morgan fingerprint density at radius 1 is 0.964 bits per heavy atom. The monoisotopic (exact) mass is 384 g/mol. The summed E-state index contributed by atoms with van der Waals surface area (Å²) >= 11 is 0. The molecule has 0 aliphatic carbocycles. The lowest BCUT2D eigenvalue weighted by Gasteiger charge is -2.17. The van der Waals surface area contributed by atoms with Gasteiger partial charge in [-0.15, -0.1) is 0 Å². The molecule has 1 aromatic heterocycles. The molecule has 0 radical (unpaired) electrons. The molecule has 0 fully saturated rings. The second-order valence-electron chi connectivity index (χ2n) is 6.34. The van der Waals surface area contributed by atoms with E-state index in [-0.39, 0.29) is 17.3 Å². The first-order chi connectivity index (χ1) is 13.5. The van der Waals surface area contributed by atoms with Gasteiger partial charge < -0.3 is 23.4 Å². The number of methoxy groups -OCH3 is 3. The van der Waals surface area contributed by atoms with Gasteiger partial charge in [-0.3, -0.25) is 4.79 Å². The molecule has 28 heavy (non-hydrogen) atoms. The van der Waals surface area contributed by atoms with Gasteiger partial charge in [0.05, 0.1) is 32.8 Å². The molecule has 148 valence electrons. The Morgan fingerprint density at radius 3 is 2.18 bits per heavy atom. The summed E-state index contributed by atoms with van der Waals surface area (Å²) in [7, 11) is 4.61. The van der Waals surface area contributed by atoms with E-state index in [0.29, 0.717) is 39.5 Å². The van der Waals surface area contributed by atoms with Crippen LogP contribution in [0.1, 0.15) is 20.3 Å². The van der Waals surface area contributed by atoms with Crippen LogP contribution in [0.25, 0.3) is 22.3 Å². The molecule has 0 aliphatic heterocycles. The van der Waals surface area contributed by atoms with Crippen molar-refractivity contribution in [2.45, 2.75) is 26.4 Å². The van der Waals surface area contributed by atoms with Crippen LogP contribution in [0.2, 0.25) is 0 Å². The molecule has 0 amide bonds. The topological polar surface area (TPSA) is 67.1 Å². The number of benzene rings is 2. The molecule has 0 N–H and O–H groups in total. The second-order valence-corrected chi connectivity index (χ2v) is 6.34. The number of ether oxygens (including phenoxy) is 4. The van der Waals surface area contributed by atoms with Crippen molar-refractivity contribution in [2.24, 2.45) is 0 Å². The molecule has 0 bridgehead atoms. The van der Waals surface area contributed by atoms with Crippen LogP contribution in [-0.2, 0) is 0 Å². The average molecular weight is 384 g/mol. The third kappa shape index (κ3) is 3.50. The van der Waals surface area contributed by atoms with E-state index in [2.05, 4.69) is 0 Å². The predicted molar refractivity (Wildman–Crippen MR) is 108 cm³/mol. The van der Waals surface area contributed by atoms with E-state index in [9.17, 15) is 4.79 Å². The first kappa shape index (κ1) is 19.6. The number of hydrogen-bond donors (Lipinski definition) is 0. The van der Waals surface area contributed by atoms with Crippen molar-refractivity contribution < 1.29 is 23.4 Å². The lowest BCUT2D eigenvalue weighted by atomic mass is 10.1. The van der Waals surface area contributed by atoms with E-state index >= 15 is 0 Å². The predicted octanol–water partition coefficient (Wildman–Crippen LogP) is 4.66. The summed E-state index contributed by atoms with van der Waals surface area (Å²) in [5, 5.41) is 0.469. The van der Waals surface area contributed by atoms with Crippen LogP contribution in [-0.4, -0.2) is 27.4 Å². The van der Waals surface area contributed by atoms with Gasteiger partial charge in [-0.2, -0.15) is 0 Å². The standard InChI is InChI=1S/C22H24O6/c1-6-13(2)27-22-19(23)15-9-7-8-10-16(15)28-20(22)14-11-17(24-3)21(26-5)18(12-14)25-4/h7-13H,6H2,1-5H3. The van der Waals surface area contributed by atoms with E-state index in [1.165, 1.54) is 21.3 Å². The molecular weight excluding hydrogens is 360 g/mol. The Kier molecular flexibility index (Phi) is 5.78. The highest BCUT2D eigenvalue weighted by atomic mass is 16.5. The van der Waals surface area contributed by atoms with Crippen molar-refractivity contribution in [3.63, 3.8) is 0 Å². The molecule has 6 heteroatoms. The first-order valence-corrected chi connectivity index (χ1v) is 9.06. The molecule has 2 aromatic carbocycles. The molecule has 3 aromatic rings. The van der Waals surface area contributed by atoms with Gasteiger partial charge in [-0.05, 0) is 37.6 Å². The van der Waals surface area contributed by atoms with Crippen LogP contribution < -0.4 is 24.4 Å². The minimum atomic E-state index is -0.217. The SMILES string of the molecule is CCC(C)Oc1c(-c2cc(OC)c(OC)c(OC)c2)oc2ccccc2c1=O. The first-order valence-electron chi connectivity index (χ1n) is 9.06. The van der Waals surface area contributed by atoms with Crippen molar-refractivity contribution in [1.29, 1.82) is 0 Å². The maximum Gasteiger partial charge on any atom is 0.235 e. The van der Waals surface area contributed by atoms with Crippen molar-refractivity contribution in [1.82, 2.24) is 0 Å². The fourth-order valence-electron chi connectivity index (χ4n) is 2.92. The normalized spacial score (nSPS) is 11.9. The maximum atomic E-state index is 13.1. The zero-order valence-corrected chi connectivity index (χ0v) is 16.7. The molecular formula is C22H24O6. The summed E-state index contributed by atoms with van der Waals surface area (Å²) in [5.41, 5.74) is 0.856. The number of hydrogen-bond acceptors (Lipinski definition) is 6. The third-order valence-electron chi connectivity index (χ3n) is 4.58.